The van der Waals surface area contributed by atoms with Gasteiger partial charge >= 0.3 is 0 Å². The summed E-state index contributed by atoms with van der Waals surface area (Å²) in [6, 6.07) is 43.1. The summed E-state index contributed by atoms with van der Waals surface area (Å²) in [6.07, 6.45) is 0. The molecule has 0 atom stereocenters. The van der Waals surface area contributed by atoms with Crippen molar-refractivity contribution in [2.45, 2.75) is 0 Å². The lowest BCUT2D eigenvalue weighted by atomic mass is 9.74. The van der Waals surface area contributed by atoms with E-state index in [0.29, 0.717) is 0 Å². The van der Waals surface area contributed by atoms with Crippen LogP contribution in [0.2, 0.25) is 0 Å². The summed E-state index contributed by atoms with van der Waals surface area (Å²) in [6.45, 7) is 0. The first-order valence-electron chi connectivity index (χ1n) is 16.4. The van der Waals surface area contributed by atoms with Gasteiger partial charge in [0.05, 0.1) is 0 Å². The Hall–Kier alpha value is -5.98. The van der Waals surface area contributed by atoms with Gasteiger partial charge in [0.25, 0.3) is 0 Å². The molecule has 46 heavy (non-hydrogen) atoms. The maximum atomic E-state index is 2.51. The van der Waals surface area contributed by atoms with Gasteiger partial charge in [-0.1, -0.05) is 60.7 Å². The van der Waals surface area contributed by atoms with Crippen molar-refractivity contribution >= 4 is 151 Å². The summed E-state index contributed by atoms with van der Waals surface area (Å²) in [5, 5.41) is 39.6. The Morgan fingerprint density at radius 1 is 0.152 bits per heavy atom. The van der Waals surface area contributed by atoms with E-state index < -0.39 is 0 Å². The van der Waals surface area contributed by atoms with Crippen molar-refractivity contribution in [1.82, 2.24) is 0 Å². The fraction of sp³-hybridized carbons (Fsp3) is 0. The molecular weight excluding hydrogens is 553 g/mol. The third kappa shape index (κ3) is 1.85. The van der Waals surface area contributed by atoms with Gasteiger partial charge in [-0.3, -0.25) is 0 Å². The number of rotatable bonds is 0. The van der Waals surface area contributed by atoms with E-state index in [1.54, 1.807) is 0 Å². The maximum absolute atomic E-state index is 2.51. The fourth-order valence-electron chi connectivity index (χ4n) is 11.1. The monoisotopic (exact) mass is 570 g/mol. The van der Waals surface area contributed by atoms with Gasteiger partial charge in [-0.15, -0.1) is 0 Å². The Morgan fingerprint density at radius 3 is 0.652 bits per heavy atom. The van der Waals surface area contributed by atoms with Crippen molar-refractivity contribution in [3.05, 3.63) is 109 Å². The second kappa shape index (κ2) is 6.12. The molecule has 0 aliphatic rings. The van der Waals surface area contributed by atoms with E-state index in [0.717, 1.165) is 0 Å². The molecule has 0 saturated carbocycles. The quantitative estimate of drug-likeness (QED) is 0.126. The summed E-state index contributed by atoms with van der Waals surface area (Å²) in [5.74, 6) is 0. The van der Waals surface area contributed by atoms with Crippen LogP contribution in [0.15, 0.2) is 109 Å². The predicted octanol–water partition coefficient (Wildman–Crippen LogP) is 13.3. The van der Waals surface area contributed by atoms with Crippen LogP contribution >= 0.6 is 0 Å². The maximum Gasteiger partial charge on any atom is -0.0000907 e. The second-order valence-corrected chi connectivity index (χ2v) is 14.3. The highest BCUT2D eigenvalue weighted by Gasteiger charge is 2.30. The molecule has 0 heterocycles. The molecule has 0 N–H and O–H groups in total. The number of benzene rings is 15. The van der Waals surface area contributed by atoms with Gasteiger partial charge in [0.15, 0.2) is 0 Å². The van der Waals surface area contributed by atoms with E-state index in [2.05, 4.69) is 109 Å². The summed E-state index contributed by atoms with van der Waals surface area (Å²) >= 11 is 0. The topological polar surface area (TPSA) is 0 Å². The zero-order valence-electron chi connectivity index (χ0n) is 24.4. The van der Waals surface area contributed by atoms with Crippen LogP contribution in [0, 0.1) is 0 Å². The first-order chi connectivity index (χ1) is 22.8. The lowest BCUT2D eigenvalue weighted by Crippen LogP contribution is -2.00. The van der Waals surface area contributed by atoms with Gasteiger partial charge in [-0.2, -0.15) is 0 Å². The Bertz CT molecular complexity index is 3530. The molecule has 0 aromatic heterocycles. The number of hydrogen-bond acceptors (Lipinski definition) is 0. The second-order valence-electron chi connectivity index (χ2n) is 14.3. The molecule has 0 amide bonds. The highest BCUT2D eigenvalue weighted by molar-refractivity contribution is 6.59. The number of hydrogen-bond donors (Lipinski definition) is 0. The molecule has 0 nitrogen and oxygen atoms in total. The van der Waals surface area contributed by atoms with Crippen molar-refractivity contribution in [1.29, 1.82) is 0 Å². The standard InChI is InChI=1S/C46H18/c1-3-19-11-23-7-9-25-16-30-18-28-14-22-6-2-4-20-12-24-8-10-26-15-29-17-27-13-21(5-1)31(19)41-33(23)35(25)43-40(30)46-38(28)42(32(20)22)34(24)36(26)44(46)39(29)45(43)37(27)41/h1-18H. The SMILES string of the molecule is c1cc2cc3ccc4cc5cc6cc7cccc8cc9ccc%10cc%11cc%12cc(c1)c2c1c3c4c2c5c3c6c(c87)c9c%10c3c%11c2c%121. The van der Waals surface area contributed by atoms with Gasteiger partial charge in [0.2, 0.25) is 0 Å². The van der Waals surface area contributed by atoms with E-state index in [-0.39, 0.29) is 0 Å². The van der Waals surface area contributed by atoms with Crippen molar-refractivity contribution in [2.75, 3.05) is 0 Å². The minimum Gasteiger partial charge on any atom is -0.0610 e. The average Bonchev–Trinajstić information content (AvgIpc) is 3.08. The van der Waals surface area contributed by atoms with Crippen molar-refractivity contribution < 1.29 is 0 Å². The van der Waals surface area contributed by atoms with Crippen molar-refractivity contribution in [3.8, 4) is 0 Å². The Balaban J connectivity index is 1.45. The van der Waals surface area contributed by atoms with E-state index in [9.17, 15) is 0 Å². The van der Waals surface area contributed by atoms with E-state index >= 15 is 0 Å². The zero-order valence-corrected chi connectivity index (χ0v) is 24.4. The van der Waals surface area contributed by atoms with Crippen molar-refractivity contribution in [3.63, 3.8) is 0 Å². The van der Waals surface area contributed by atoms with Gasteiger partial charge in [-0.05, 0) is 199 Å². The first-order valence-corrected chi connectivity index (χ1v) is 16.4. The van der Waals surface area contributed by atoms with E-state index in [1.165, 1.54) is 151 Å². The van der Waals surface area contributed by atoms with Crippen LogP contribution in [0.1, 0.15) is 0 Å². The van der Waals surface area contributed by atoms with E-state index in [1.807, 2.05) is 0 Å². The summed E-state index contributed by atoms with van der Waals surface area (Å²) < 4.78 is 0. The molecule has 0 aliphatic carbocycles. The van der Waals surface area contributed by atoms with Crippen LogP contribution in [-0.2, 0) is 0 Å². The van der Waals surface area contributed by atoms with Crippen LogP contribution in [0.3, 0.4) is 0 Å². The molecule has 15 aromatic carbocycles. The smallest absolute Gasteiger partial charge is 0.0000907 e. The normalized spacial score (nSPS) is 14.1. The highest BCUT2D eigenvalue weighted by atomic mass is 14.3. The summed E-state index contributed by atoms with van der Waals surface area (Å²) in [4.78, 5) is 0. The van der Waals surface area contributed by atoms with Crippen molar-refractivity contribution in [2.24, 2.45) is 0 Å². The third-order valence-electron chi connectivity index (χ3n) is 12.4. The van der Waals surface area contributed by atoms with Crippen LogP contribution < -0.4 is 0 Å². The molecule has 0 spiro atoms. The van der Waals surface area contributed by atoms with Gasteiger partial charge in [0.1, 0.15) is 0 Å². The molecule has 15 aromatic rings. The predicted molar refractivity (Wildman–Crippen MR) is 201 cm³/mol. The lowest BCUT2D eigenvalue weighted by molar-refractivity contribution is 1.82. The molecule has 0 unspecified atom stereocenters. The van der Waals surface area contributed by atoms with E-state index in [4.69, 9.17) is 0 Å². The van der Waals surface area contributed by atoms with Crippen LogP contribution in [-0.4, -0.2) is 0 Å². The minimum atomic E-state index is 1.34. The Kier molecular flexibility index (Phi) is 2.78. The molecule has 15 rings (SSSR count). The Morgan fingerprint density at radius 2 is 0.348 bits per heavy atom. The zero-order chi connectivity index (χ0) is 28.9. The molecule has 0 bridgehead atoms. The van der Waals surface area contributed by atoms with Crippen LogP contribution in [0.25, 0.3) is 151 Å². The molecule has 0 fully saturated rings. The average molecular weight is 571 g/mol. The largest absolute Gasteiger partial charge is 0.0610 e. The molecular formula is C46H18. The Labute approximate surface area is 259 Å². The molecule has 0 aliphatic heterocycles. The molecule has 0 heteroatoms. The van der Waals surface area contributed by atoms with Crippen LogP contribution in [0.5, 0.6) is 0 Å². The molecule has 0 radical (unpaired) electrons. The highest BCUT2D eigenvalue weighted by Crippen LogP contribution is 2.59. The van der Waals surface area contributed by atoms with Gasteiger partial charge in [-0.25, -0.2) is 0 Å². The molecule has 202 valence electrons. The van der Waals surface area contributed by atoms with Gasteiger partial charge < -0.3 is 0 Å². The lowest BCUT2D eigenvalue weighted by Gasteiger charge is -2.28. The summed E-state index contributed by atoms with van der Waals surface area (Å²) in [5.41, 5.74) is 0. The minimum absolute atomic E-state index is 1.34. The van der Waals surface area contributed by atoms with Crippen LogP contribution in [0.4, 0.5) is 0 Å². The third-order valence-corrected chi connectivity index (χ3v) is 12.4. The fourth-order valence-corrected chi connectivity index (χ4v) is 11.1. The molecule has 0 saturated heterocycles. The first kappa shape index (κ1) is 20.9. The van der Waals surface area contributed by atoms with Gasteiger partial charge in [0, 0.05) is 0 Å². The summed E-state index contributed by atoms with van der Waals surface area (Å²) in [7, 11) is 0.